The van der Waals surface area contributed by atoms with Crippen molar-refractivity contribution in [1.82, 2.24) is 24.4 Å². The van der Waals surface area contributed by atoms with Crippen LogP contribution < -0.4 is 10.3 Å². The minimum atomic E-state index is -0.973. The number of methoxy groups -OCH3 is 1. The molecule has 45 heavy (non-hydrogen) atoms. The van der Waals surface area contributed by atoms with Crippen LogP contribution in [0.1, 0.15) is 41.3 Å². The van der Waals surface area contributed by atoms with Crippen molar-refractivity contribution in [1.29, 1.82) is 0 Å². The normalized spacial score (nSPS) is 18.0. The van der Waals surface area contributed by atoms with Crippen molar-refractivity contribution >= 4 is 23.5 Å². The highest BCUT2D eigenvalue weighted by molar-refractivity contribution is 5.71. The Balaban J connectivity index is 1.32. The summed E-state index contributed by atoms with van der Waals surface area (Å²) < 4.78 is 20.8. The molecule has 232 valence electrons. The Morgan fingerprint density at radius 2 is 1.73 bits per heavy atom. The van der Waals surface area contributed by atoms with Gasteiger partial charge in [0.05, 0.1) is 39.1 Å². The molecule has 3 heterocycles. The number of rotatable bonds is 11. The predicted octanol–water partition coefficient (Wildman–Crippen LogP) is 4.53. The third-order valence-corrected chi connectivity index (χ3v) is 7.93. The standard InChI is InChI=1S/C34H36N6O5/c1-39(2)21-36-33-37-31-30(32(42)38-33)35-22-40(31)29-18-17-28(45-29)20-44-34(24-7-5-4-6-8-24,25-11-9-23(19-41)10-12-25)26-13-15-27(43-3)16-14-26/h4-16,21-22,28-29,41H,17-20H2,1-3H3,(H,37,38,42)/b36-21+/t28-,29+,34?/m0/s1. The Hall–Kier alpha value is -4.84. The van der Waals surface area contributed by atoms with Gasteiger partial charge in [-0.25, -0.2) is 9.98 Å². The summed E-state index contributed by atoms with van der Waals surface area (Å²) in [6, 6.07) is 25.8. The SMILES string of the molecule is COc1ccc(C(OC[C@@H]2CC[C@H](n3cnc4c(=O)[nH]c(/N=C/N(C)C)nc43)O2)(c2ccccc2)c2ccc(CO)cc2)cc1. The molecule has 2 N–H and O–H groups in total. The van der Waals surface area contributed by atoms with Crippen molar-refractivity contribution in [3.63, 3.8) is 0 Å². The minimum Gasteiger partial charge on any atom is -0.497 e. The van der Waals surface area contributed by atoms with E-state index in [0.717, 1.165) is 34.4 Å². The van der Waals surface area contributed by atoms with Crippen LogP contribution in [0.2, 0.25) is 0 Å². The van der Waals surface area contributed by atoms with Crippen molar-refractivity contribution in [2.75, 3.05) is 27.8 Å². The summed E-state index contributed by atoms with van der Waals surface area (Å²) in [7, 11) is 5.32. The number of hydrogen-bond donors (Lipinski definition) is 2. The molecule has 0 bridgehead atoms. The lowest BCUT2D eigenvalue weighted by Crippen LogP contribution is -2.35. The van der Waals surface area contributed by atoms with E-state index in [1.54, 1.807) is 29.2 Å². The van der Waals surface area contributed by atoms with Crippen LogP contribution in [0.4, 0.5) is 5.95 Å². The van der Waals surface area contributed by atoms with Crippen LogP contribution in [-0.2, 0) is 21.7 Å². The first kappa shape index (κ1) is 30.2. The van der Waals surface area contributed by atoms with Gasteiger partial charge in [-0.1, -0.05) is 66.7 Å². The quantitative estimate of drug-likeness (QED) is 0.127. The molecule has 3 aromatic carbocycles. The summed E-state index contributed by atoms with van der Waals surface area (Å²) in [5.74, 6) is 0.939. The number of benzene rings is 3. The van der Waals surface area contributed by atoms with Gasteiger partial charge in [0.1, 0.15) is 17.6 Å². The lowest BCUT2D eigenvalue weighted by molar-refractivity contribution is -0.0756. The van der Waals surface area contributed by atoms with E-state index >= 15 is 0 Å². The van der Waals surface area contributed by atoms with Crippen LogP contribution in [0, 0.1) is 0 Å². The molecule has 0 spiro atoms. The monoisotopic (exact) mass is 608 g/mol. The van der Waals surface area contributed by atoms with Gasteiger partial charge in [-0.15, -0.1) is 0 Å². The molecule has 1 aliphatic heterocycles. The molecule has 6 rings (SSSR count). The molecular weight excluding hydrogens is 572 g/mol. The molecular formula is C34H36N6O5. The minimum absolute atomic E-state index is 0.0491. The predicted molar refractivity (Wildman–Crippen MR) is 171 cm³/mol. The molecule has 3 atom stereocenters. The maximum absolute atomic E-state index is 12.7. The van der Waals surface area contributed by atoms with Crippen LogP contribution >= 0.6 is 0 Å². The second kappa shape index (κ2) is 13.0. The Kier molecular flexibility index (Phi) is 8.74. The fraction of sp³-hybridized carbons (Fsp3) is 0.294. The van der Waals surface area contributed by atoms with E-state index in [0.29, 0.717) is 12.1 Å². The maximum Gasteiger partial charge on any atom is 0.280 e. The van der Waals surface area contributed by atoms with E-state index in [1.165, 1.54) is 0 Å². The Bertz CT molecular complexity index is 1770. The molecule has 1 fully saturated rings. The van der Waals surface area contributed by atoms with Gasteiger partial charge < -0.3 is 24.2 Å². The lowest BCUT2D eigenvalue weighted by Gasteiger charge is -2.37. The summed E-state index contributed by atoms with van der Waals surface area (Å²) in [5, 5.41) is 9.72. The first-order valence-corrected chi connectivity index (χ1v) is 14.8. The second-order valence-electron chi connectivity index (χ2n) is 11.2. The molecule has 11 heteroatoms. The molecule has 2 aromatic heterocycles. The van der Waals surface area contributed by atoms with Gasteiger partial charge in [0.25, 0.3) is 5.56 Å². The lowest BCUT2D eigenvalue weighted by atomic mass is 9.79. The molecule has 0 saturated carbocycles. The summed E-state index contributed by atoms with van der Waals surface area (Å²) in [4.78, 5) is 30.2. The number of aliphatic hydroxyl groups excluding tert-OH is 1. The number of imidazole rings is 1. The van der Waals surface area contributed by atoms with E-state index in [1.807, 2.05) is 80.8 Å². The fourth-order valence-corrected chi connectivity index (χ4v) is 5.68. The van der Waals surface area contributed by atoms with Gasteiger partial charge >= 0.3 is 0 Å². The van der Waals surface area contributed by atoms with Crippen molar-refractivity contribution in [2.45, 2.75) is 37.4 Å². The van der Waals surface area contributed by atoms with Crippen molar-refractivity contribution in [2.24, 2.45) is 4.99 Å². The highest BCUT2D eigenvalue weighted by atomic mass is 16.6. The van der Waals surface area contributed by atoms with Gasteiger partial charge in [-0.3, -0.25) is 14.3 Å². The number of nitrogens with zero attached hydrogens (tertiary/aromatic N) is 5. The van der Waals surface area contributed by atoms with Crippen LogP contribution in [0.5, 0.6) is 5.75 Å². The van der Waals surface area contributed by atoms with Gasteiger partial charge in [0, 0.05) is 14.1 Å². The topological polar surface area (TPSA) is 127 Å². The third-order valence-electron chi connectivity index (χ3n) is 7.93. The smallest absolute Gasteiger partial charge is 0.280 e. The molecule has 1 unspecified atom stereocenters. The van der Waals surface area contributed by atoms with Crippen molar-refractivity contribution in [3.05, 3.63) is 118 Å². The third kappa shape index (κ3) is 6.10. The van der Waals surface area contributed by atoms with E-state index in [9.17, 15) is 9.90 Å². The van der Waals surface area contributed by atoms with E-state index in [4.69, 9.17) is 14.2 Å². The number of aliphatic imine (C=N–C) groups is 1. The van der Waals surface area contributed by atoms with Crippen molar-refractivity contribution in [3.8, 4) is 5.75 Å². The number of aromatic nitrogens is 4. The van der Waals surface area contributed by atoms with Crippen LogP contribution in [0.15, 0.2) is 95.0 Å². The number of H-pyrrole nitrogens is 1. The Labute approximate surface area is 260 Å². The van der Waals surface area contributed by atoms with Crippen LogP contribution in [0.3, 0.4) is 0 Å². The maximum atomic E-state index is 12.7. The summed E-state index contributed by atoms with van der Waals surface area (Å²) in [5.41, 5.74) is 2.93. The Morgan fingerprint density at radius 1 is 1.04 bits per heavy atom. The van der Waals surface area contributed by atoms with E-state index in [-0.39, 0.29) is 42.6 Å². The zero-order valence-corrected chi connectivity index (χ0v) is 25.5. The first-order chi connectivity index (χ1) is 21.9. The zero-order valence-electron chi connectivity index (χ0n) is 25.5. The summed E-state index contributed by atoms with van der Waals surface area (Å²) >= 11 is 0. The van der Waals surface area contributed by atoms with Gasteiger partial charge in [-0.05, 0) is 47.2 Å². The van der Waals surface area contributed by atoms with Gasteiger partial charge in [-0.2, -0.15) is 4.98 Å². The first-order valence-electron chi connectivity index (χ1n) is 14.8. The fourth-order valence-electron chi connectivity index (χ4n) is 5.68. The summed E-state index contributed by atoms with van der Waals surface area (Å²) in [6.07, 6.45) is 3.98. The zero-order chi connectivity index (χ0) is 31.4. The number of fused-ring (bicyclic) bond motifs is 1. The summed E-state index contributed by atoms with van der Waals surface area (Å²) in [6.45, 7) is 0.241. The number of aliphatic hydroxyl groups is 1. The number of hydrogen-bond acceptors (Lipinski definition) is 8. The molecule has 5 aromatic rings. The molecule has 1 aliphatic rings. The van der Waals surface area contributed by atoms with E-state index in [2.05, 4.69) is 32.1 Å². The Morgan fingerprint density at radius 3 is 2.40 bits per heavy atom. The molecule has 0 amide bonds. The second-order valence-corrected chi connectivity index (χ2v) is 11.2. The molecule has 0 radical (unpaired) electrons. The average molecular weight is 609 g/mol. The molecule has 0 aliphatic carbocycles. The van der Waals surface area contributed by atoms with Crippen LogP contribution in [0.25, 0.3) is 11.2 Å². The number of aromatic amines is 1. The van der Waals surface area contributed by atoms with Crippen molar-refractivity contribution < 1.29 is 19.3 Å². The highest BCUT2D eigenvalue weighted by Gasteiger charge is 2.40. The van der Waals surface area contributed by atoms with Gasteiger partial charge in [0.15, 0.2) is 11.2 Å². The van der Waals surface area contributed by atoms with E-state index < -0.39 is 5.60 Å². The van der Waals surface area contributed by atoms with Crippen LogP contribution in [-0.4, -0.2) is 69.8 Å². The number of nitrogens with one attached hydrogen (secondary N) is 1. The molecule has 11 nitrogen and oxygen atoms in total. The largest absolute Gasteiger partial charge is 0.497 e. The number of ether oxygens (including phenoxy) is 3. The average Bonchev–Trinajstić information content (AvgIpc) is 3.73. The van der Waals surface area contributed by atoms with Gasteiger partial charge in [0.2, 0.25) is 5.95 Å². The highest BCUT2D eigenvalue weighted by Crippen LogP contribution is 2.42. The molecule has 1 saturated heterocycles.